The van der Waals surface area contributed by atoms with E-state index in [1.54, 1.807) is 0 Å². The van der Waals surface area contributed by atoms with Gasteiger partial charge in [0.2, 0.25) is 5.91 Å². The van der Waals surface area contributed by atoms with Crippen molar-refractivity contribution in [2.75, 3.05) is 19.6 Å². The molecule has 17 heavy (non-hydrogen) atoms. The molecule has 1 heterocycles. The van der Waals surface area contributed by atoms with E-state index in [9.17, 15) is 4.79 Å². The van der Waals surface area contributed by atoms with E-state index in [0.29, 0.717) is 19.6 Å². The Hall–Kier alpha value is -0.610. The third-order valence-electron chi connectivity index (χ3n) is 3.90. The van der Waals surface area contributed by atoms with Crippen LogP contribution in [0.2, 0.25) is 0 Å². The quantitative estimate of drug-likeness (QED) is 0.810. The Bertz CT molecular complexity index is 246. The topological polar surface area (TPSA) is 55.6 Å². The summed E-state index contributed by atoms with van der Waals surface area (Å²) in [5, 5.41) is 0. The Labute approximate surface area is 104 Å². The highest BCUT2D eigenvalue weighted by atomic mass is 16.5. The van der Waals surface area contributed by atoms with Gasteiger partial charge >= 0.3 is 0 Å². The minimum Gasteiger partial charge on any atom is -0.372 e. The van der Waals surface area contributed by atoms with Gasteiger partial charge in [-0.1, -0.05) is 13.8 Å². The molecule has 0 radical (unpaired) electrons. The number of morpholine rings is 1. The molecule has 4 nitrogen and oxygen atoms in total. The molecule has 1 aliphatic heterocycles. The van der Waals surface area contributed by atoms with Crippen LogP contribution in [0.5, 0.6) is 0 Å². The Balaban J connectivity index is 2.80. The Morgan fingerprint density at radius 3 is 2.12 bits per heavy atom. The van der Waals surface area contributed by atoms with Crippen LogP contribution in [-0.4, -0.2) is 42.6 Å². The molecule has 0 bridgehead atoms. The van der Waals surface area contributed by atoms with Gasteiger partial charge in [-0.25, -0.2) is 0 Å². The van der Waals surface area contributed by atoms with Crippen LogP contribution in [0.15, 0.2) is 0 Å². The lowest BCUT2D eigenvalue weighted by Gasteiger charge is -2.41. The molecule has 0 aromatic carbocycles. The summed E-state index contributed by atoms with van der Waals surface area (Å²) in [7, 11) is 0. The summed E-state index contributed by atoms with van der Waals surface area (Å²) in [5.74, 6) is 0.201. The molecule has 4 heteroatoms. The van der Waals surface area contributed by atoms with Gasteiger partial charge in [0.15, 0.2) is 0 Å². The van der Waals surface area contributed by atoms with E-state index < -0.39 is 0 Å². The maximum Gasteiger partial charge on any atom is 0.230 e. The average molecular weight is 242 g/mol. The number of rotatable bonds is 4. The summed E-state index contributed by atoms with van der Waals surface area (Å²) in [6.45, 7) is 9.91. The fourth-order valence-electron chi connectivity index (χ4n) is 2.61. The molecule has 0 aromatic heterocycles. The first-order valence-electron chi connectivity index (χ1n) is 6.64. The second-order valence-electron chi connectivity index (χ2n) is 5.16. The molecule has 1 saturated heterocycles. The maximum atomic E-state index is 12.6. The molecule has 1 amide bonds. The smallest absolute Gasteiger partial charge is 0.230 e. The Morgan fingerprint density at radius 1 is 1.29 bits per heavy atom. The minimum absolute atomic E-state index is 0.117. The number of hydrogen-bond acceptors (Lipinski definition) is 3. The molecule has 1 rings (SSSR count). The van der Waals surface area contributed by atoms with Gasteiger partial charge in [0, 0.05) is 19.6 Å². The fourth-order valence-corrected chi connectivity index (χ4v) is 2.61. The van der Waals surface area contributed by atoms with Gasteiger partial charge < -0.3 is 15.4 Å². The van der Waals surface area contributed by atoms with Gasteiger partial charge in [-0.05, 0) is 26.7 Å². The summed E-state index contributed by atoms with van der Waals surface area (Å²) in [6.07, 6.45) is 1.84. The standard InChI is InChI=1S/C13H26N2O2/c1-5-13(6-2,9-14)12(16)15-7-10(3)17-11(4)8-15/h10-11H,5-9,14H2,1-4H3. The van der Waals surface area contributed by atoms with Crippen LogP contribution in [0.25, 0.3) is 0 Å². The van der Waals surface area contributed by atoms with E-state index in [-0.39, 0.29) is 23.5 Å². The maximum absolute atomic E-state index is 12.6. The second kappa shape index (κ2) is 5.83. The molecular formula is C13H26N2O2. The Kier molecular flexibility index (Phi) is 4.95. The van der Waals surface area contributed by atoms with E-state index in [1.807, 2.05) is 32.6 Å². The van der Waals surface area contributed by atoms with Crippen molar-refractivity contribution in [1.29, 1.82) is 0 Å². The number of ether oxygens (including phenoxy) is 1. The van der Waals surface area contributed by atoms with Gasteiger partial charge in [-0.2, -0.15) is 0 Å². The van der Waals surface area contributed by atoms with Crippen LogP contribution in [0, 0.1) is 5.41 Å². The van der Waals surface area contributed by atoms with E-state index >= 15 is 0 Å². The molecule has 2 atom stereocenters. The summed E-state index contributed by atoms with van der Waals surface area (Å²) in [4.78, 5) is 14.5. The molecule has 1 fully saturated rings. The van der Waals surface area contributed by atoms with Crippen LogP contribution < -0.4 is 5.73 Å². The van der Waals surface area contributed by atoms with Crippen LogP contribution in [0.1, 0.15) is 40.5 Å². The Morgan fingerprint density at radius 2 is 1.76 bits per heavy atom. The first kappa shape index (κ1) is 14.5. The molecule has 0 aliphatic carbocycles. The molecule has 2 unspecified atom stereocenters. The third-order valence-corrected chi connectivity index (χ3v) is 3.90. The molecule has 2 N–H and O–H groups in total. The largest absolute Gasteiger partial charge is 0.372 e. The van der Waals surface area contributed by atoms with Crippen LogP contribution in [0.4, 0.5) is 0 Å². The normalized spacial score (nSPS) is 26.1. The van der Waals surface area contributed by atoms with Crippen molar-refractivity contribution in [3.05, 3.63) is 0 Å². The number of nitrogens with zero attached hydrogens (tertiary/aromatic N) is 1. The van der Waals surface area contributed by atoms with Gasteiger partial charge in [0.05, 0.1) is 17.6 Å². The number of nitrogens with two attached hydrogens (primary N) is 1. The number of hydrogen-bond donors (Lipinski definition) is 1. The highest BCUT2D eigenvalue weighted by Crippen LogP contribution is 2.29. The number of carbonyl (C=O) groups excluding carboxylic acids is 1. The third kappa shape index (κ3) is 2.99. The fraction of sp³-hybridized carbons (Fsp3) is 0.923. The molecule has 0 saturated carbocycles. The van der Waals surface area contributed by atoms with Crippen LogP contribution >= 0.6 is 0 Å². The zero-order valence-electron chi connectivity index (χ0n) is 11.5. The summed E-state index contributed by atoms with van der Waals surface area (Å²) < 4.78 is 5.65. The summed E-state index contributed by atoms with van der Waals surface area (Å²) >= 11 is 0. The van der Waals surface area contributed by atoms with Crippen molar-refractivity contribution < 1.29 is 9.53 Å². The average Bonchev–Trinajstić information content (AvgIpc) is 2.30. The van der Waals surface area contributed by atoms with Crippen molar-refractivity contribution >= 4 is 5.91 Å². The van der Waals surface area contributed by atoms with E-state index in [0.717, 1.165) is 12.8 Å². The van der Waals surface area contributed by atoms with Gasteiger partial charge in [0.1, 0.15) is 0 Å². The lowest BCUT2D eigenvalue weighted by Crippen LogP contribution is -2.54. The predicted molar refractivity (Wildman–Crippen MR) is 68.7 cm³/mol. The summed E-state index contributed by atoms with van der Waals surface area (Å²) in [6, 6.07) is 0. The predicted octanol–water partition coefficient (Wildman–Crippen LogP) is 1.39. The van der Waals surface area contributed by atoms with E-state index in [2.05, 4.69) is 0 Å². The van der Waals surface area contributed by atoms with Crippen molar-refractivity contribution in [1.82, 2.24) is 4.90 Å². The van der Waals surface area contributed by atoms with Crippen molar-refractivity contribution in [3.63, 3.8) is 0 Å². The SMILES string of the molecule is CCC(CC)(CN)C(=O)N1CC(C)OC(C)C1. The van der Waals surface area contributed by atoms with Crippen molar-refractivity contribution in [3.8, 4) is 0 Å². The van der Waals surface area contributed by atoms with Gasteiger partial charge in [-0.15, -0.1) is 0 Å². The molecule has 0 aromatic rings. The second-order valence-corrected chi connectivity index (χ2v) is 5.16. The molecule has 100 valence electrons. The minimum atomic E-state index is -0.378. The number of carbonyl (C=O) groups is 1. The van der Waals surface area contributed by atoms with E-state index in [1.165, 1.54) is 0 Å². The number of amides is 1. The first-order valence-corrected chi connectivity index (χ1v) is 6.64. The van der Waals surface area contributed by atoms with Crippen LogP contribution in [0.3, 0.4) is 0 Å². The van der Waals surface area contributed by atoms with Crippen LogP contribution in [-0.2, 0) is 9.53 Å². The lowest BCUT2D eigenvalue weighted by molar-refractivity contribution is -0.153. The first-order chi connectivity index (χ1) is 7.99. The lowest BCUT2D eigenvalue weighted by atomic mass is 9.80. The van der Waals surface area contributed by atoms with Gasteiger partial charge in [-0.3, -0.25) is 4.79 Å². The zero-order chi connectivity index (χ0) is 13.1. The van der Waals surface area contributed by atoms with Crippen molar-refractivity contribution in [2.24, 2.45) is 11.1 Å². The van der Waals surface area contributed by atoms with E-state index in [4.69, 9.17) is 10.5 Å². The van der Waals surface area contributed by atoms with Crippen molar-refractivity contribution in [2.45, 2.75) is 52.7 Å². The zero-order valence-corrected chi connectivity index (χ0v) is 11.5. The molecule has 1 aliphatic rings. The summed E-state index contributed by atoms with van der Waals surface area (Å²) in [5.41, 5.74) is 5.45. The highest BCUT2D eigenvalue weighted by Gasteiger charge is 2.39. The monoisotopic (exact) mass is 242 g/mol. The molecular weight excluding hydrogens is 216 g/mol. The highest BCUT2D eigenvalue weighted by molar-refractivity contribution is 5.83. The van der Waals surface area contributed by atoms with Gasteiger partial charge in [0.25, 0.3) is 0 Å². The molecule has 0 spiro atoms.